The second-order valence-corrected chi connectivity index (χ2v) is 3.96. The number of hydrogen-bond donors (Lipinski definition) is 1. The number of hydrogen-bond acceptors (Lipinski definition) is 2. The lowest BCUT2D eigenvalue weighted by Crippen LogP contribution is -2.33. The molecule has 1 amide bonds. The standard InChI is InChI=1S/C12H10N2O2/c15-7-14-5-10-12(11(16)6-14)8-3-1-2-4-9(8)13-10/h1-4,7,13H,5-6H2. The highest BCUT2D eigenvalue weighted by molar-refractivity contribution is 6.11. The topological polar surface area (TPSA) is 53.2 Å². The van der Waals surface area contributed by atoms with Gasteiger partial charge in [0.1, 0.15) is 0 Å². The second-order valence-electron chi connectivity index (χ2n) is 3.96. The van der Waals surface area contributed by atoms with E-state index in [1.807, 2.05) is 24.3 Å². The van der Waals surface area contributed by atoms with E-state index in [2.05, 4.69) is 4.98 Å². The van der Waals surface area contributed by atoms with E-state index >= 15 is 0 Å². The van der Waals surface area contributed by atoms with Gasteiger partial charge in [-0.15, -0.1) is 0 Å². The van der Waals surface area contributed by atoms with Crippen LogP contribution in [0.25, 0.3) is 10.9 Å². The number of carbonyl (C=O) groups excluding carboxylic acids is 2. The summed E-state index contributed by atoms with van der Waals surface area (Å²) in [6.07, 6.45) is 0.715. The van der Waals surface area contributed by atoms with Crippen molar-refractivity contribution in [1.29, 1.82) is 0 Å². The Hall–Kier alpha value is -2.10. The highest BCUT2D eigenvalue weighted by Crippen LogP contribution is 2.26. The number of ketones is 1. The summed E-state index contributed by atoms with van der Waals surface area (Å²) >= 11 is 0. The van der Waals surface area contributed by atoms with E-state index in [1.165, 1.54) is 4.90 Å². The van der Waals surface area contributed by atoms with Gasteiger partial charge in [-0.3, -0.25) is 9.59 Å². The van der Waals surface area contributed by atoms with Crippen LogP contribution in [0, 0.1) is 0 Å². The molecule has 2 heterocycles. The van der Waals surface area contributed by atoms with Gasteiger partial charge in [-0.25, -0.2) is 0 Å². The SMILES string of the molecule is O=CN1CC(=O)c2c([nH]c3ccccc23)C1. The van der Waals surface area contributed by atoms with E-state index < -0.39 is 0 Å². The highest BCUT2D eigenvalue weighted by Gasteiger charge is 2.25. The van der Waals surface area contributed by atoms with Gasteiger partial charge in [0.15, 0.2) is 5.78 Å². The first-order valence-electron chi connectivity index (χ1n) is 5.11. The van der Waals surface area contributed by atoms with Crippen molar-refractivity contribution in [3.63, 3.8) is 0 Å². The van der Waals surface area contributed by atoms with Crippen molar-refractivity contribution in [2.75, 3.05) is 6.54 Å². The van der Waals surface area contributed by atoms with Crippen molar-refractivity contribution in [3.8, 4) is 0 Å². The zero-order valence-corrected chi connectivity index (χ0v) is 8.56. The summed E-state index contributed by atoms with van der Waals surface area (Å²) in [6, 6.07) is 7.70. The summed E-state index contributed by atoms with van der Waals surface area (Å²) in [5.74, 6) is 0.00537. The van der Waals surface area contributed by atoms with Crippen molar-refractivity contribution in [1.82, 2.24) is 9.88 Å². The van der Waals surface area contributed by atoms with Crippen molar-refractivity contribution >= 4 is 23.1 Å². The number of aromatic nitrogens is 1. The van der Waals surface area contributed by atoms with Crippen LogP contribution in [0.3, 0.4) is 0 Å². The van der Waals surface area contributed by atoms with Crippen molar-refractivity contribution in [2.45, 2.75) is 6.54 Å². The van der Waals surface area contributed by atoms with Crippen LogP contribution in [0.1, 0.15) is 16.1 Å². The Morgan fingerprint density at radius 3 is 2.88 bits per heavy atom. The van der Waals surface area contributed by atoms with E-state index in [0.29, 0.717) is 13.0 Å². The Labute approximate surface area is 91.9 Å². The third-order valence-electron chi connectivity index (χ3n) is 2.92. The maximum atomic E-state index is 11.9. The number of fused-ring (bicyclic) bond motifs is 3. The van der Waals surface area contributed by atoms with E-state index in [-0.39, 0.29) is 12.3 Å². The first-order valence-corrected chi connectivity index (χ1v) is 5.11. The van der Waals surface area contributed by atoms with Gasteiger partial charge >= 0.3 is 0 Å². The average Bonchev–Trinajstić information content (AvgIpc) is 2.67. The molecule has 1 N–H and O–H groups in total. The first kappa shape index (κ1) is 9.15. The zero-order valence-electron chi connectivity index (χ0n) is 8.56. The fourth-order valence-electron chi connectivity index (χ4n) is 2.23. The molecule has 3 rings (SSSR count). The summed E-state index contributed by atoms with van der Waals surface area (Å²) in [7, 11) is 0. The summed E-state index contributed by atoms with van der Waals surface area (Å²) in [5.41, 5.74) is 2.53. The minimum atomic E-state index is 0.00537. The molecule has 0 saturated carbocycles. The number of para-hydroxylation sites is 1. The largest absolute Gasteiger partial charge is 0.356 e. The molecule has 0 unspecified atom stereocenters. The molecule has 0 spiro atoms. The summed E-state index contributed by atoms with van der Waals surface area (Å²) in [5, 5.41) is 0.952. The van der Waals surface area contributed by atoms with Gasteiger partial charge in [0.05, 0.1) is 13.1 Å². The zero-order chi connectivity index (χ0) is 11.1. The third kappa shape index (κ3) is 1.16. The molecule has 2 aromatic rings. The quantitative estimate of drug-likeness (QED) is 0.728. The number of H-pyrrole nitrogens is 1. The van der Waals surface area contributed by atoms with Crippen LogP contribution in [0.15, 0.2) is 24.3 Å². The molecule has 0 radical (unpaired) electrons. The molecule has 0 aliphatic carbocycles. The lowest BCUT2D eigenvalue weighted by atomic mass is 10.0. The summed E-state index contributed by atoms with van der Waals surface area (Å²) in [4.78, 5) is 27.3. The number of Topliss-reactive ketones (excluding diaryl/α,β-unsaturated/α-hetero) is 1. The van der Waals surface area contributed by atoms with E-state index in [0.717, 1.165) is 22.2 Å². The van der Waals surface area contributed by atoms with Crippen molar-refractivity contribution in [2.24, 2.45) is 0 Å². The number of benzene rings is 1. The lowest BCUT2D eigenvalue weighted by Gasteiger charge is -2.21. The molecule has 4 nitrogen and oxygen atoms in total. The third-order valence-corrected chi connectivity index (χ3v) is 2.92. The Kier molecular flexibility index (Phi) is 1.83. The van der Waals surface area contributed by atoms with Crippen LogP contribution in [0.4, 0.5) is 0 Å². The minimum absolute atomic E-state index is 0.00537. The Bertz CT molecular complexity index is 586. The molecule has 4 heteroatoms. The highest BCUT2D eigenvalue weighted by atomic mass is 16.1. The van der Waals surface area contributed by atoms with E-state index in [9.17, 15) is 9.59 Å². The van der Waals surface area contributed by atoms with Crippen molar-refractivity contribution in [3.05, 3.63) is 35.5 Å². The second kappa shape index (κ2) is 3.20. The Morgan fingerprint density at radius 1 is 1.25 bits per heavy atom. The van der Waals surface area contributed by atoms with E-state index in [4.69, 9.17) is 0 Å². The lowest BCUT2D eigenvalue weighted by molar-refractivity contribution is -0.118. The maximum Gasteiger partial charge on any atom is 0.210 e. The Balaban J connectivity index is 2.25. The number of amides is 1. The molecule has 1 aliphatic rings. The molecule has 0 fully saturated rings. The molecule has 80 valence electrons. The average molecular weight is 214 g/mol. The fourth-order valence-corrected chi connectivity index (χ4v) is 2.23. The van der Waals surface area contributed by atoms with Crippen LogP contribution < -0.4 is 0 Å². The van der Waals surface area contributed by atoms with Gasteiger partial charge in [0.25, 0.3) is 0 Å². The monoisotopic (exact) mass is 214 g/mol. The molecule has 16 heavy (non-hydrogen) atoms. The number of rotatable bonds is 1. The molecule has 1 aromatic heterocycles. The van der Waals surface area contributed by atoms with Crippen LogP contribution in [0.2, 0.25) is 0 Å². The van der Waals surface area contributed by atoms with Crippen LogP contribution in [0.5, 0.6) is 0 Å². The number of carbonyl (C=O) groups is 2. The van der Waals surface area contributed by atoms with Gasteiger partial charge in [-0.05, 0) is 6.07 Å². The predicted molar refractivity (Wildman–Crippen MR) is 59.1 cm³/mol. The number of nitrogens with one attached hydrogen (secondary N) is 1. The molecule has 1 aliphatic heterocycles. The fraction of sp³-hybridized carbons (Fsp3) is 0.167. The van der Waals surface area contributed by atoms with E-state index in [1.54, 1.807) is 0 Å². The number of aromatic amines is 1. The summed E-state index contributed by atoms with van der Waals surface area (Å²) in [6.45, 7) is 0.664. The van der Waals surface area contributed by atoms with Gasteiger partial charge < -0.3 is 9.88 Å². The molecule has 0 atom stereocenters. The molecule has 0 saturated heterocycles. The predicted octanol–water partition coefficient (Wildman–Crippen LogP) is 1.32. The Morgan fingerprint density at radius 2 is 2.06 bits per heavy atom. The van der Waals surface area contributed by atoms with Crippen LogP contribution in [-0.4, -0.2) is 28.6 Å². The van der Waals surface area contributed by atoms with Gasteiger partial charge in [-0.1, -0.05) is 18.2 Å². The smallest absolute Gasteiger partial charge is 0.210 e. The number of nitrogens with zero attached hydrogens (tertiary/aromatic N) is 1. The van der Waals surface area contributed by atoms with Crippen molar-refractivity contribution < 1.29 is 9.59 Å². The molecule has 1 aromatic carbocycles. The summed E-state index contributed by atoms with van der Waals surface area (Å²) < 4.78 is 0. The van der Waals surface area contributed by atoms with Crippen LogP contribution >= 0.6 is 0 Å². The first-order chi connectivity index (χ1) is 7.79. The van der Waals surface area contributed by atoms with Gasteiger partial charge in [-0.2, -0.15) is 0 Å². The molecular formula is C12H10N2O2. The van der Waals surface area contributed by atoms with Gasteiger partial charge in [0.2, 0.25) is 6.41 Å². The van der Waals surface area contributed by atoms with Gasteiger partial charge in [0, 0.05) is 22.2 Å². The normalized spacial score (nSPS) is 15.2. The molecule has 0 bridgehead atoms. The van der Waals surface area contributed by atoms with Crippen LogP contribution in [-0.2, 0) is 11.3 Å². The molecular weight excluding hydrogens is 204 g/mol. The minimum Gasteiger partial charge on any atom is -0.356 e. The maximum absolute atomic E-state index is 11.9.